The maximum Gasteiger partial charge on any atom is 0.271 e. The van der Waals surface area contributed by atoms with E-state index in [0.717, 1.165) is 0 Å². The van der Waals surface area contributed by atoms with Crippen molar-refractivity contribution in [2.45, 2.75) is 6.92 Å². The predicted octanol–water partition coefficient (Wildman–Crippen LogP) is 2.76. The summed E-state index contributed by atoms with van der Waals surface area (Å²) in [6, 6.07) is 12.6. The van der Waals surface area contributed by atoms with Crippen LogP contribution in [-0.2, 0) is 0 Å². The number of carbonyl (C=O) groups excluding carboxylic acids is 1. The van der Waals surface area contributed by atoms with Gasteiger partial charge in [-0.3, -0.25) is 14.9 Å². The van der Waals surface area contributed by atoms with Crippen LogP contribution in [0.15, 0.2) is 53.6 Å². The van der Waals surface area contributed by atoms with Gasteiger partial charge in [-0.05, 0) is 31.2 Å². The van der Waals surface area contributed by atoms with E-state index in [0.29, 0.717) is 22.6 Å². The number of nitrogens with zero attached hydrogens (tertiary/aromatic N) is 2. The molecule has 1 amide bonds. The zero-order chi connectivity index (χ0) is 16.8. The number of carbonyl (C=O) groups is 1. The molecule has 0 saturated heterocycles. The molecule has 0 atom stereocenters. The monoisotopic (exact) mass is 313 g/mol. The van der Waals surface area contributed by atoms with Crippen molar-refractivity contribution in [1.29, 1.82) is 0 Å². The zero-order valence-corrected chi connectivity index (χ0v) is 12.6. The number of amides is 1. The van der Waals surface area contributed by atoms with E-state index in [9.17, 15) is 14.9 Å². The SMILES string of the molecule is COc1ccc(C(=O)N/N=C(/C)c2cccc([N+](=O)[O-])c2)cc1. The molecule has 7 heteroatoms. The fourth-order valence-electron chi connectivity index (χ4n) is 1.85. The third-order valence-corrected chi connectivity index (χ3v) is 3.15. The second kappa shape index (κ2) is 7.17. The molecule has 0 heterocycles. The Labute approximate surface area is 132 Å². The molecule has 0 aliphatic carbocycles. The van der Waals surface area contributed by atoms with Crippen molar-refractivity contribution in [2.75, 3.05) is 7.11 Å². The zero-order valence-electron chi connectivity index (χ0n) is 12.6. The third-order valence-electron chi connectivity index (χ3n) is 3.15. The minimum Gasteiger partial charge on any atom is -0.497 e. The van der Waals surface area contributed by atoms with Crippen LogP contribution in [0.3, 0.4) is 0 Å². The van der Waals surface area contributed by atoms with Crippen molar-refractivity contribution in [3.63, 3.8) is 0 Å². The van der Waals surface area contributed by atoms with Crippen molar-refractivity contribution in [3.8, 4) is 5.75 Å². The number of hydrogen-bond donors (Lipinski definition) is 1. The molecule has 2 aromatic rings. The predicted molar refractivity (Wildman–Crippen MR) is 85.8 cm³/mol. The van der Waals surface area contributed by atoms with Gasteiger partial charge in [0.2, 0.25) is 0 Å². The Hall–Kier alpha value is -3.22. The average molecular weight is 313 g/mol. The number of non-ortho nitro benzene ring substituents is 1. The Kier molecular flexibility index (Phi) is 5.03. The molecule has 7 nitrogen and oxygen atoms in total. The topological polar surface area (TPSA) is 93.8 Å². The molecule has 0 aliphatic rings. The number of hydrazone groups is 1. The minimum atomic E-state index is -0.479. The fourth-order valence-corrected chi connectivity index (χ4v) is 1.85. The van der Waals surface area contributed by atoms with E-state index in [2.05, 4.69) is 10.5 Å². The fraction of sp³-hybridized carbons (Fsp3) is 0.125. The number of rotatable bonds is 5. The summed E-state index contributed by atoms with van der Waals surface area (Å²) >= 11 is 0. The lowest BCUT2D eigenvalue weighted by Crippen LogP contribution is -2.19. The molecule has 0 bridgehead atoms. The van der Waals surface area contributed by atoms with Crippen LogP contribution in [0.1, 0.15) is 22.8 Å². The quantitative estimate of drug-likeness (QED) is 0.521. The molecule has 2 aromatic carbocycles. The van der Waals surface area contributed by atoms with Gasteiger partial charge in [0.15, 0.2) is 0 Å². The summed E-state index contributed by atoms with van der Waals surface area (Å²) < 4.78 is 5.02. The number of nitro benzene ring substituents is 1. The lowest BCUT2D eigenvalue weighted by molar-refractivity contribution is -0.384. The van der Waals surface area contributed by atoms with Gasteiger partial charge in [-0.25, -0.2) is 5.43 Å². The van der Waals surface area contributed by atoms with E-state index in [1.54, 1.807) is 50.4 Å². The summed E-state index contributed by atoms with van der Waals surface area (Å²) in [5.74, 6) is 0.273. The van der Waals surface area contributed by atoms with Crippen LogP contribution < -0.4 is 10.2 Å². The summed E-state index contributed by atoms with van der Waals surface area (Å²) in [7, 11) is 1.54. The maximum absolute atomic E-state index is 12.0. The van der Waals surface area contributed by atoms with Gasteiger partial charge in [-0.2, -0.15) is 5.10 Å². The molecule has 0 saturated carbocycles. The first-order chi connectivity index (χ1) is 11.0. The molecule has 0 fully saturated rings. The molecule has 1 N–H and O–H groups in total. The second-order valence-electron chi connectivity index (χ2n) is 4.67. The maximum atomic E-state index is 12.0. The summed E-state index contributed by atoms with van der Waals surface area (Å²) in [4.78, 5) is 22.3. The molecular formula is C16H15N3O4. The first-order valence-corrected chi connectivity index (χ1v) is 6.75. The minimum absolute atomic E-state index is 0.0291. The lowest BCUT2D eigenvalue weighted by Gasteiger charge is -2.04. The molecule has 2 rings (SSSR count). The van der Waals surface area contributed by atoms with Crippen molar-refractivity contribution in [1.82, 2.24) is 5.43 Å². The first-order valence-electron chi connectivity index (χ1n) is 6.75. The summed E-state index contributed by atoms with van der Waals surface area (Å²) in [5.41, 5.74) is 3.86. The second-order valence-corrected chi connectivity index (χ2v) is 4.67. The standard InChI is InChI=1S/C16H15N3O4/c1-11(13-4-3-5-14(10-13)19(21)22)17-18-16(20)12-6-8-15(23-2)9-7-12/h3-10H,1-2H3,(H,18,20)/b17-11-. The Morgan fingerprint density at radius 1 is 1.17 bits per heavy atom. The van der Waals surface area contributed by atoms with Crippen LogP contribution >= 0.6 is 0 Å². The van der Waals surface area contributed by atoms with Crippen LogP contribution in [0.5, 0.6) is 5.75 Å². The van der Waals surface area contributed by atoms with E-state index < -0.39 is 4.92 Å². The van der Waals surface area contributed by atoms with Gasteiger partial charge in [0, 0.05) is 23.3 Å². The molecule has 0 radical (unpaired) electrons. The average Bonchev–Trinajstić information content (AvgIpc) is 2.59. The van der Waals surface area contributed by atoms with Gasteiger partial charge < -0.3 is 4.74 Å². The normalized spacial score (nSPS) is 11.0. The van der Waals surface area contributed by atoms with Crippen LogP contribution in [0.4, 0.5) is 5.69 Å². The number of methoxy groups -OCH3 is 1. The van der Waals surface area contributed by atoms with Gasteiger partial charge >= 0.3 is 0 Å². The Morgan fingerprint density at radius 3 is 2.48 bits per heavy atom. The van der Waals surface area contributed by atoms with Gasteiger partial charge in [-0.1, -0.05) is 12.1 Å². The number of nitrogens with one attached hydrogen (secondary N) is 1. The molecule has 0 spiro atoms. The Bertz CT molecular complexity index is 754. The third kappa shape index (κ3) is 4.13. The van der Waals surface area contributed by atoms with Crippen LogP contribution in [0, 0.1) is 10.1 Å². The molecule has 0 unspecified atom stereocenters. The Morgan fingerprint density at radius 2 is 1.87 bits per heavy atom. The van der Waals surface area contributed by atoms with Gasteiger partial charge in [0.1, 0.15) is 5.75 Å². The van der Waals surface area contributed by atoms with Gasteiger partial charge in [0.25, 0.3) is 11.6 Å². The Balaban J connectivity index is 2.10. The highest BCUT2D eigenvalue weighted by atomic mass is 16.6. The van der Waals surface area contributed by atoms with Crippen molar-refractivity contribution in [3.05, 3.63) is 69.8 Å². The van der Waals surface area contributed by atoms with E-state index in [-0.39, 0.29) is 11.6 Å². The molecule has 23 heavy (non-hydrogen) atoms. The largest absolute Gasteiger partial charge is 0.497 e. The number of hydrogen-bond acceptors (Lipinski definition) is 5. The van der Waals surface area contributed by atoms with E-state index in [4.69, 9.17) is 4.74 Å². The van der Waals surface area contributed by atoms with Crippen molar-refractivity contribution >= 4 is 17.3 Å². The highest BCUT2D eigenvalue weighted by Gasteiger charge is 2.08. The lowest BCUT2D eigenvalue weighted by atomic mass is 10.1. The molecular weight excluding hydrogens is 298 g/mol. The smallest absolute Gasteiger partial charge is 0.271 e. The molecule has 0 aromatic heterocycles. The van der Waals surface area contributed by atoms with Gasteiger partial charge in [-0.15, -0.1) is 0 Å². The molecule has 0 aliphatic heterocycles. The number of benzene rings is 2. The number of ether oxygens (including phenoxy) is 1. The van der Waals surface area contributed by atoms with Gasteiger partial charge in [0.05, 0.1) is 17.7 Å². The number of nitro groups is 1. The van der Waals surface area contributed by atoms with Crippen molar-refractivity contribution < 1.29 is 14.5 Å². The first kappa shape index (κ1) is 16.2. The van der Waals surface area contributed by atoms with Crippen molar-refractivity contribution in [2.24, 2.45) is 5.10 Å². The summed E-state index contributed by atoms with van der Waals surface area (Å²) in [6.07, 6.45) is 0. The summed E-state index contributed by atoms with van der Waals surface area (Å²) in [5, 5.41) is 14.7. The molecule has 118 valence electrons. The van der Waals surface area contributed by atoms with Crippen LogP contribution in [-0.4, -0.2) is 23.7 Å². The van der Waals surface area contributed by atoms with E-state index >= 15 is 0 Å². The van der Waals surface area contributed by atoms with E-state index in [1.165, 1.54) is 12.1 Å². The van der Waals surface area contributed by atoms with E-state index in [1.807, 2.05) is 0 Å². The summed E-state index contributed by atoms with van der Waals surface area (Å²) in [6.45, 7) is 1.66. The highest BCUT2D eigenvalue weighted by Crippen LogP contribution is 2.14. The highest BCUT2D eigenvalue weighted by molar-refractivity contribution is 6.01. The van der Waals surface area contributed by atoms with Crippen LogP contribution in [0.25, 0.3) is 0 Å². The van der Waals surface area contributed by atoms with Crippen LogP contribution in [0.2, 0.25) is 0 Å².